The Morgan fingerprint density at radius 2 is 1.60 bits per heavy atom. The molecule has 0 aliphatic heterocycles. The van der Waals surface area contributed by atoms with E-state index in [1.54, 1.807) is 0 Å². The zero-order valence-electron chi connectivity index (χ0n) is 10.9. The largest absolute Gasteiger partial charge is 0.393 e. The quantitative estimate of drug-likeness (QED) is 0.679. The first-order valence-electron chi connectivity index (χ1n) is 6.08. The van der Waals surface area contributed by atoms with Crippen molar-refractivity contribution >= 4 is 8.07 Å². The lowest BCUT2D eigenvalue weighted by atomic mass is 9.93. The van der Waals surface area contributed by atoms with Gasteiger partial charge in [-0.3, -0.25) is 0 Å². The van der Waals surface area contributed by atoms with E-state index in [1.165, 1.54) is 0 Å². The molecule has 90 valence electrons. The van der Waals surface area contributed by atoms with Crippen LogP contribution < -0.4 is 5.73 Å². The van der Waals surface area contributed by atoms with Crippen molar-refractivity contribution in [1.29, 1.82) is 0 Å². The lowest BCUT2D eigenvalue weighted by Gasteiger charge is -2.51. The van der Waals surface area contributed by atoms with Gasteiger partial charge in [0.1, 0.15) is 0 Å². The minimum absolute atomic E-state index is 0.253. The van der Waals surface area contributed by atoms with Crippen LogP contribution in [0.15, 0.2) is 0 Å². The molecule has 1 aliphatic carbocycles. The Morgan fingerprint density at radius 3 is 1.93 bits per heavy atom. The molecule has 3 heteroatoms. The summed E-state index contributed by atoms with van der Waals surface area (Å²) in [4.78, 5) is 0. The van der Waals surface area contributed by atoms with E-state index in [4.69, 9.17) is 5.73 Å². The molecule has 0 amide bonds. The summed E-state index contributed by atoms with van der Waals surface area (Å²) in [6.45, 7) is 11.5. The lowest BCUT2D eigenvalue weighted by Crippen LogP contribution is -2.61. The summed E-state index contributed by atoms with van der Waals surface area (Å²) in [5.41, 5.74) is 5.91. The molecule has 0 radical (unpaired) electrons. The molecule has 1 fully saturated rings. The molecule has 1 saturated carbocycles. The molecular formula is C12H27NOSi. The molecule has 0 bridgehead atoms. The van der Waals surface area contributed by atoms with E-state index in [1.807, 2.05) is 0 Å². The van der Waals surface area contributed by atoms with E-state index in [-0.39, 0.29) is 5.04 Å². The maximum absolute atomic E-state index is 10.9. The number of rotatable bonds is 1. The molecule has 0 aromatic heterocycles. The SMILES string of the molecule is CC(C)(C)[Si](C)(C)C1(O)CCC(N)CC1. The zero-order chi connectivity index (χ0) is 11.9. The molecule has 1 rings (SSSR count). The zero-order valence-corrected chi connectivity index (χ0v) is 11.9. The summed E-state index contributed by atoms with van der Waals surface area (Å²) in [6, 6.07) is 0.315. The number of nitrogens with two attached hydrogens (primary N) is 1. The van der Waals surface area contributed by atoms with Crippen LogP contribution in [0.2, 0.25) is 18.1 Å². The monoisotopic (exact) mass is 229 g/mol. The van der Waals surface area contributed by atoms with Gasteiger partial charge in [0.25, 0.3) is 0 Å². The minimum Gasteiger partial charge on any atom is -0.393 e. The van der Waals surface area contributed by atoms with Crippen molar-refractivity contribution in [2.45, 2.75) is 75.9 Å². The fraction of sp³-hybridized carbons (Fsp3) is 1.00. The summed E-state index contributed by atoms with van der Waals surface area (Å²) >= 11 is 0. The Bertz CT molecular complexity index is 224. The normalized spacial score (nSPS) is 34.2. The summed E-state index contributed by atoms with van der Waals surface area (Å²) in [7, 11) is -1.66. The van der Waals surface area contributed by atoms with Gasteiger partial charge in [-0.15, -0.1) is 0 Å². The van der Waals surface area contributed by atoms with Crippen LogP contribution in [0.1, 0.15) is 46.5 Å². The minimum atomic E-state index is -1.66. The average Bonchev–Trinajstić information content (AvgIpc) is 2.08. The van der Waals surface area contributed by atoms with Crippen LogP contribution in [0.3, 0.4) is 0 Å². The first-order chi connectivity index (χ1) is 6.60. The molecule has 15 heavy (non-hydrogen) atoms. The summed E-state index contributed by atoms with van der Waals surface area (Å²) in [5, 5.41) is 10.7. The molecule has 3 N–H and O–H groups in total. The third kappa shape index (κ3) is 2.29. The van der Waals surface area contributed by atoms with Crippen LogP contribution in [0.5, 0.6) is 0 Å². The van der Waals surface area contributed by atoms with Crippen LogP contribution in [-0.2, 0) is 0 Å². The first-order valence-corrected chi connectivity index (χ1v) is 9.08. The van der Waals surface area contributed by atoms with E-state index >= 15 is 0 Å². The van der Waals surface area contributed by atoms with Gasteiger partial charge in [0.15, 0.2) is 0 Å². The fourth-order valence-corrected chi connectivity index (χ4v) is 5.38. The van der Waals surface area contributed by atoms with Crippen LogP contribution >= 0.6 is 0 Å². The molecule has 0 atom stereocenters. The third-order valence-corrected chi connectivity index (χ3v) is 11.5. The summed E-state index contributed by atoms with van der Waals surface area (Å²) in [5.74, 6) is 0. The van der Waals surface area contributed by atoms with Gasteiger partial charge in [-0.2, -0.15) is 0 Å². The van der Waals surface area contributed by atoms with Crippen molar-refractivity contribution in [3.63, 3.8) is 0 Å². The Labute approximate surface area is 95.3 Å². The molecule has 0 spiro atoms. The van der Waals surface area contributed by atoms with Gasteiger partial charge in [-0.1, -0.05) is 33.9 Å². The maximum atomic E-state index is 10.9. The second-order valence-corrected chi connectivity index (χ2v) is 12.4. The Kier molecular flexibility index (Phi) is 3.40. The van der Waals surface area contributed by atoms with Crippen molar-refractivity contribution in [3.8, 4) is 0 Å². The second kappa shape index (κ2) is 3.86. The topological polar surface area (TPSA) is 46.2 Å². The average molecular weight is 229 g/mol. The van der Waals surface area contributed by atoms with Crippen molar-refractivity contribution < 1.29 is 5.11 Å². The van der Waals surface area contributed by atoms with E-state index < -0.39 is 13.3 Å². The summed E-state index contributed by atoms with van der Waals surface area (Å²) < 4.78 is 0. The maximum Gasteiger partial charge on any atom is 0.0903 e. The van der Waals surface area contributed by atoms with Gasteiger partial charge >= 0.3 is 0 Å². The van der Waals surface area contributed by atoms with Crippen molar-refractivity contribution in [1.82, 2.24) is 0 Å². The Hall–Kier alpha value is 0.137. The van der Waals surface area contributed by atoms with Crippen molar-refractivity contribution in [2.24, 2.45) is 5.73 Å². The fourth-order valence-electron chi connectivity index (χ4n) is 2.44. The van der Waals surface area contributed by atoms with Gasteiger partial charge in [-0.05, 0) is 30.7 Å². The number of hydrogen-bond acceptors (Lipinski definition) is 2. The second-order valence-electron chi connectivity index (χ2n) is 6.74. The highest BCUT2D eigenvalue weighted by Crippen LogP contribution is 2.47. The molecule has 0 unspecified atom stereocenters. The molecule has 1 aliphatic rings. The highest BCUT2D eigenvalue weighted by atomic mass is 28.3. The number of hydrogen-bond donors (Lipinski definition) is 2. The lowest BCUT2D eigenvalue weighted by molar-refractivity contribution is 0.0637. The van der Waals surface area contributed by atoms with Crippen LogP contribution in [0.4, 0.5) is 0 Å². The Morgan fingerprint density at radius 1 is 1.20 bits per heavy atom. The van der Waals surface area contributed by atoms with Gasteiger partial charge < -0.3 is 10.8 Å². The van der Waals surface area contributed by atoms with Crippen molar-refractivity contribution in [3.05, 3.63) is 0 Å². The van der Waals surface area contributed by atoms with Gasteiger partial charge in [0.05, 0.1) is 13.3 Å². The highest BCUT2D eigenvalue weighted by Gasteiger charge is 2.52. The highest BCUT2D eigenvalue weighted by molar-refractivity contribution is 6.82. The summed E-state index contributed by atoms with van der Waals surface area (Å²) in [6.07, 6.45) is 3.79. The van der Waals surface area contributed by atoms with Gasteiger partial charge in [0, 0.05) is 6.04 Å². The van der Waals surface area contributed by atoms with Crippen LogP contribution in [0.25, 0.3) is 0 Å². The van der Waals surface area contributed by atoms with E-state index in [2.05, 4.69) is 33.9 Å². The van der Waals surface area contributed by atoms with E-state index in [0.29, 0.717) is 6.04 Å². The Balaban J connectivity index is 2.86. The molecule has 0 aromatic rings. The van der Waals surface area contributed by atoms with Crippen LogP contribution in [-0.4, -0.2) is 24.4 Å². The molecule has 0 heterocycles. The predicted octanol–water partition coefficient (Wildman–Crippen LogP) is 2.67. The third-order valence-electron chi connectivity index (χ3n) is 4.90. The van der Waals surface area contributed by atoms with Gasteiger partial charge in [-0.25, -0.2) is 0 Å². The smallest absolute Gasteiger partial charge is 0.0903 e. The molecular weight excluding hydrogens is 202 g/mol. The predicted molar refractivity (Wildman–Crippen MR) is 68.6 cm³/mol. The van der Waals surface area contributed by atoms with Gasteiger partial charge in [0.2, 0.25) is 0 Å². The van der Waals surface area contributed by atoms with E-state index in [9.17, 15) is 5.11 Å². The van der Waals surface area contributed by atoms with E-state index in [0.717, 1.165) is 25.7 Å². The first kappa shape index (κ1) is 13.2. The molecule has 0 aromatic carbocycles. The number of aliphatic hydroxyl groups is 1. The van der Waals surface area contributed by atoms with Crippen LogP contribution in [0, 0.1) is 0 Å². The van der Waals surface area contributed by atoms with Crippen molar-refractivity contribution in [2.75, 3.05) is 0 Å². The standard InChI is InChI=1S/C12H27NOSi/c1-11(2,3)15(4,5)12(14)8-6-10(13)7-9-12/h10,14H,6-9,13H2,1-5H3. The molecule has 2 nitrogen and oxygen atoms in total. The molecule has 0 saturated heterocycles.